The molecule has 1 aromatic carbocycles. The Labute approximate surface area is 224 Å². The summed E-state index contributed by atoms with van der Waals surface area (Å²) in [5, 5.41) is -0.113. The molecule has 0 aliphatic rings. The van der Waals surface area contributed by atoms with Crippen molar-refractivity contribution < 1.29 is 28.6 Å². The van der Waals surface area contributed by atoms with E-state index in [1.807, 2.05) is 24.3 Å². The van der Waals surface area contributed by atoms with E-state index in [2.05, 4.69) is 44.1 Å². The van der Waals surface area contributed by atoms with E-state index in [9.17, 15) is 19.9 Å². The van der Waals surface area contributed by atoms with E-state index in [4.69, 9.17) is 9.47 Å². The molecule has 0 heterocycles. The van der Waals surface area contributed by atoms with E-state index < -0.39 is 45.0 Å². The lowest BCUT2D eigenvalue weighted by atomic mass is 9.97. The van der Waals surface area contributed by atoms with Crippen molar-refractivity contribution in [2.45, 2.75) is 91.1 Å². The normalized spacial score (nSPS) is 13.0. The number of amides is 1. The molecule has 0 fully saturated rings. The molecule has 0 bridgehead atoms. The lowest BCUT2D eigenvalue weighted by Crippen LogP contribution is -2.68. The topological polar surface area (TPSA) is 109 Å². The Morgan fingerprint density at radius 2 is 1.51 bits per heavy atom. The molecule has 1 aromatic rings. The van der Waals surface area contributed by atoms with Gasteiger partial charge >= 0.3 is 17.6 Å². The van der Waals surface area contributed by atoms with Gasteiger partial charge < -0.3 is 19.9 Å². The Hall–Kier alpha value is -2.56. The zero-order valence-corrected chi connectivity index (χ0v) is 26.5. The number of carbonyl (C=O) groups excluding carboxylic acids is 3. The van der Waals surface area contributed by atoms with Crippen LogP contribution < -0.4 is 4.74 Å². The summed E-state index contributed by atoms with van der Waals surface area (Å²) in [6, 6.07) is 7.18. The highest BCUT2D eigenvalue weighted by Crippen LogP contribution is 2.29. The molecule has 0 saturated heterocycles. The van der Waals surface area contributed by atoms with Gasteiger partial charge in [-0.25, -0.2) is 0 Å². The summed E-state index contributed by atoms with van der Waals surface area (Å²) in [6.45, 7) is 19.7. The first-order valence-electron chi connectivity index (χ1n) is 12.7. The molecule has 0 radical (unpaired) electrons. The van der Waals surface area contributed by atoms with E-state index >= 15 is 0 Å². The number of carbonyl (C=O) groups is 3. The van der Waals surface area contributed by atoms with Gasteiger partial charge in [-0.2, -0.15) is 4.79 Å². The monoisotopic (exact) mass is 547 g/mol. The summed E-state index contributed by atoms with van der Waals surface area (Å²) in [4.78, 5) is 43.8. The maximum Gasteiger partial charge on any atom is 0.421 e. The smallest absolute Gasteiger partial charge is 0.421 e. The molecule has 0 aliphatic heterocycles. The minimum absolute atomic E-state index is 0.0138. The van der Waals surface area contributed by atoms with Crippen LogP contribution in [0.4, 0.5) is 0 Å². The molecule has 0 aliphatic carbocycles. The van der Waals surface area contributed by atoms with E-state index in [1.54, 1.807) is 32.8 Å². The lowest BCUT2D eigenvalue weighted by Gasteiger charge is -2.48. The van der Waals surface area contributed by atoms with Gasteiger partial charge in [0.15, 0.2) is 0 Å². The van der Waals surface area contributed by atoms with Crippen LogP contribution in [0.2, 0.25) is 39.3 Å². The number of nitrogens with zero attached hydrogens (tertiary/aromatic N) is 3. The van der Waals surface area contributed by atoms with Gasteiger partial charge in [-0.1, -0.05) is 51.4 Å². The summed E-state index contributed by atoms with van der Waals surface area (Å²) in [5.41, 5.74) is 9.45. The van der Waals surface area contributed by atoms with E-state index in [1.165, 1.54) is 6.92 Å². The second kappa shape index (κ2) is 12.8. The van der Waals surface area contributed by atoms with Gasteiger partial charge in [0.25, 0.3) is 0 Å². The van der Waals surface area contributed by atoms with Crippen LogP contribution in [0, 0.1) is 5.41 Å². The van der Waals surface area contributed by atoms with Crippen LogP contribution in [0.25, 0.3) is 5.53 Å². The molecule has 1 unspecified atom stereocenters. The number of rotatable bonds is 12. The fourth-order valence-corrected chi connectivity index (χ4v) is 17.5. The number of benzene rings is 1. The summed E-state index contributed by atoms with van der Waals surface area (Å²) in [5.74, 6) is -0.840. The Kier molecular flexibility index (Phi) is 11.2. The number of hydrogen-bond donors (Lipinski definition) is 0. The molecule has 1 rings (SSSR count). The van der Waals surface area contributed by atoms with Crippen molar-refractivity contribution in [1.82, 2.24) is 4.90 Å². The third kappa shape index (κ3) is 9.36. The maximum atomic E-state index is 13.9. The number of aryl methyl sites for hydroxylation is 1. The number of ketones is 1. The summed E-state index contributed by atoms with van der Waals surface area (Å²) in [7, 11) is -2.50. The van der Waals surface area contributed by atoms with Crippen molar-refractivity contribution in [1.29, 1.82) is 0 Å². The van der Waals surface area contributed by atoms with Gasteiger partial charge in [0.2, 0.25) is 5.78 Å². The van der Waals surface area contributed by atoms with Crippen molar-refractivity contribution in [3.05, 3.63) is 35.4 Å². The third-order valence-electron chi connectivity index (χ3n) is 6.13. The molecule has 10 heteroatoms. The number of hydrogen-bond acceptors (Lipinski definition) is 5. The highest BCUT2D eigenvalue weighted by atomic mass is 28.4. The maximum absolute atomic E-state index is 13.9. The van der Waals surface area contributed by atoms with E-state index in [-0.39, 0.29) is 17.9 Å². The number of Topliss-reactive ketones (excluding diaryl/α,β-unsaturated/α-hetero) is 1. The van der Waals surface area contributed by atoms with Crippen molar-refractivity contribution in [2.75, 3.05) is 13.7 Å². The molecule has 0 N–H and O–H groups in total. The van der Waals surface area contributed by atoms with Crippen LogP contribution in [0.15, 0.2) is 24.3 Å². The van der Waals surface area contributed by atoms with Crippen LogP contribution in [0.3, 0.4) is 0 Å². The van der Waals surface area contributed by atoms with Crippen molar-refractivity contribution in [3.63, 3.8) is 0 Å². The fourth-order valence-electron chi connectivity index (χ4n) is 4.83. The minimum Gasteiger partial charge on any atom is -0.497 e. The molecular formula is C27H45N3O5Si2. The SMILES string of the molecule is COc1ccc(CCC(COC(=O)C(C)(C)C)N(C(=O)C(=[N+]=[N-])C(C)=O)C([Si](C)(C)C)[Si](C)(C)C)cc1. The highest BCUT2D eigenvalue weighted by molar-refractivity contribution is 6.96. The number of methoxy groups -OCH3 is 1. The second-order valence-electron chi connectivity index (χ2n) is 12.7. The van der Waals surface area contributed by atoms with Crippen LogP contribution in [-0.2, 0) is 25.5 Å². The van der Waals surface area contributed by atoms with Crippen molar-refractivity contribution >= 4 is 39.5 Å². The summed E-state index contributed by atoms with van der Waals surface area (Å²) in [6.07, 6.45) is 1.11. The lowest BCUT2D eigenvalue weighted by molar-refractivity contribution is -0.156. The first-order valence-corrected chi connectivity index (χ1v) is 19.9. The number of ether oxygens (including phenoxy) is 2. The van der Waals surface area contributed by atoms with Gasteiger partial charge in [-0.15, -0.1) is 0 Å². The molecule has 8 nitrogen and oxygen atoms in total. The second-order valence-corrected chi connectivity index (χ2v) is 23.9. The standard InChI is InChI=1S/C27H45N3O5Si2/c1-19(31)23(29-28)24(32)30(26(36(6,7)8)37(9,10)11)21(18-35-25(33)27(2,3)4)15-12-20-13-16-22(34-5)17-14-20/h13-14,16-17,21,26H,12,15,18H2,1-11H3. The Bertz CT molecular complexity index is 1000. The first kappa shape index (κ1) is 32.5. The van der Waals surface area contributed by atoms with Crippen LogP contribution in [-0.4, -0.2) is 74.3 Å². The quantitative estimate of drug-likeness (QED) is 0.0932. The molecule has 0 aromatic heterocycles. The zero-order valence-electron chi connectivity index (χ0n) is 24.5. The molecule has 1 amide bonds. The van der Waals surface area contributed by atoms with Crippen LogP contribution >= 0.6 is 0 Å². The zero-order chi connectivity index (χ0) is 28.8. The van der Waals surface area contributed by atoms with Gasteiger partial charge in [-0.05, 0) is 51.3 Å². The predicted octanol–water partition coefficient (Wildman–Crippen LogP) is 4.80. The summed E-state index contributed by atoms with van der Waals surface area (Å²) < 4.78 is 11.0. The molecule has 0 saturated carbocycles. The average molecular weight is 548 g/mol. The van der Waals surface area contributed by atoms with E-state index in [0.717, 1.165) is 11.3 Å². The largest absolute Gasteiger partial charge is 0.497 e. The first-order chi connectivity index (χ1) is 16.8. The Balaban J connectivity index is 3.64. The molecular weight excluding hydrogens is 502 g/mol. The predicted molar refractivity (Wildman–Crippen MR) is 152 cm³/mol. The van der Waals surface area contributed by atoms with Gasteiger partial charge in [0.05, 0.1) is 34.7 Å². The van der Waals surface area contributed by atoms with Crippen molar-refractivity contribution in [2.24, 2.45) is 5.41 Å². The van der Waals surface area contributed by atoms with Crippen LogP contribution in [0.5, 0.6) is 5.75 Å². The van der Waals surface area contributed by atoms with Crippen LogP contribution in [0.1, 0.15) is 39.7 Å². The minimum atomic E-state index is -2.06. The highest BCUT2D eigenvalue weighted by Gasteiger charge is 2.49. The van der Waals surface area contributed by atoms with E-state index in [0.29, 0.717) is 12.8 Å². The van der Waals surface area contributed by atoms with Gasteiger partial charge in [0.1, 0.15) is 12.4 Å². The van der Waals surface area contributed by atoms with Gasteiger partial charge in [0, 0.05) is 12.2 Å². The van der Waals surface area contributed by atoms with Gasteiger partial charge in [-0.3, -0.25) is 14.4 Å². The fraction of sp³-hybridized carbons (Fsp3) is 0.630. The molecule has 206 valence electrons. The molecule has 0 spiro atoms. The molecule has 37 heavy (non-hydrogen) atoms. The third-order valence-corrected chi connectivity index (χ3v) is 15.2. The Morgan fingerprint density at radius 3 is 1.89 bits per heavy atom. The number of esters is 1. The molecule has 1 atom stereocenters. The average Bonchev–Trinajstić information content (AvgIpc) is 2.75. The Morgan fingerprint density at radius 1 is 1.00 bits per heavy atom. The van der Waals surface area contributed by atoms with Crippen molar-refractivity contribution in [3.8, 4) is 5.75 Å². The summed E-state index contributed by atoms with van der Waals surface area (Å²) >= 11 is 0.